The molecule has 8 aromatic carbocycles. The molecule has 3 heteroatoms. The third-order valence-corrected chi connectivity index (χ3v) is 11.9. The van der Waals surface area contributed by atoms with Gasteiger partial charge in [0.15, 0.2) is 22.4 Å². The maximum absolute atomic E-state index is 8.79. The third-order valence-electron chi connectivity index (χ3n) is 11.9. The first kappa shape index (κ1) is 37.2. The quantitative estimate of drug-likeness (QED) is 0.117. The van der Waals surface area contributed by atoms with Crippen LogP contribution in [0.2, 0.25) is 0 Å². The highest BCUT2D eigenvalue weighted by Gasteiger charge is 2.79. The Morgan fingerprint density at radius 1 is 0.310 bits per heavy atom. The standard InChI is InChI=1S/C54H42O3.CH4/c1-9-25-41(26-10-1)49-53(55-49,47-37-21-7-22-38-47)51(43-29-13-3-14-30-43,44-31-15-4-16-32-44)57-52(45-33-17-5-18-34-45,46-35-19-6-20-36-46)54(48-39-23-8-24-40-48)50(56-54)42-27-11-2-12-28-42;/h1-40,49-50H;1H4. The van der Waals surface area contributed by atoms with Crippen LogP contribution in [0.1, 0.15) is 64.1 Å². The predicted octanol–water partition coefficient (Wildman–Crippen LogP) is 12.9. The summed E-state index contributed by atoms with van der Waals surface area (Å²) in [5.41, 5.74) is 3.43. The number of epoxide rings is 2. The van der Waals surface area contributed by atoms with Gasteiger partial charge in [-0.2, -0.15) is 0 Å². The van der Waals surface area contributed by atoms with E-state index in [1.807, 2.05) is 0 Å². The van der Waals surface area contributed by atoms with Crippen LogP contribution in [0, 0.1) is 0 Å². The second-order valence-corrected chi connectivity index (χ2v) is 14.9. The highest BCUT2D eigenvalue weighted by atomic mass is 16.7. The van der Waals surface area contributed by atoms with Gasteiger partial charge in [-0.25, -0.2) is 0 Å². The number of ether oxygens (including phenoxy) is 3. The van der Waals surface area contributed by atoms with E-state index >= 15 is 0 Å². The molecule has 2 aliphatic rings. The van der Waals surface area contributed by atoms with Crippen LogP contribution in [0.5, 0.6) is 0 Å². The molecule has 3 nitrogen and oxygen atoms in total. The van der Waals surface area contributed by atoms with Gasteiger partial charge >= 0.3 is 0 Å². The molecule has 4 unspecified atom stereocenters. The summed E-state index contributed by atoms with van der Waals surface area (Å²) in [6.45, 7) is 0. The highest BCUT2D eigenvalue weighted by Crippen LogP contribution is 2.75. The molecule has 4 atom stereocenters. The maximum atomic E-state index is 8.79. The van der Waals surface area contributed by atoms with E-state index in [0.29, 0.717) is 0 Å². The lowest BCUT2D eigenvalue weighted by atomic mass is 9.65. The van der Waals surface area contributed by atoms with Crippen molar-refractivity contribution in [2.75, 3.05) is 0 Å². The van der Waals surface area contributed by atoms with Crippen molar-refractivity contribution in [2.24, 2.45) is 0 Å². The third kappa shape index (κ3) is 5.69. The minimum Gasteiger partial charge on any atom is -0.352 e. The molecule has 0 aromatic heterocycles. The molecule has 2 heterocycles. The Morgan fingerprint density at radius 3 is 0.793 bits per heavy atom. The van der Waals surface area contributed by atoms with E-state index in [1.165, 1.54) is 0 Å². The van der Waals surface area contributed by atoms with E-state index < -0.39 is 22.4 Å². The van der Waals surface area contributed by atoms with E-state index in [9.17, 15) is 0 Å². The van der Waals surface area contributed by atoms with Gasteiger partial charge in [-0.15, -0.1) is 0 Å². The minimum absolute atomic E-state index is 0. The predicted molar refractivity (Wildman–Crippen MR) is 232 cm³/mol. The number of benzene rings is 8. The van der Waals surface area contributed by atoms with Gasteiger partial charge in [0.2, 0.25) is 0 Å². The van der Waals surface area contributed by atoms with Crippen molar-refractivity contribution in [2.45, 2.75) is 42.0 Å². The van der Waals surface area contributed by atoms with Crippen molar-refractivity contribution in [1.82, 2.24) is 0 Å². The Bertz CT molecular complexity index is 2270. The zero-order chi connectivity index (χ0) is 38.2. The summed E-state index contributed by atoms with van der Waals surface area (Å²) in [4.78, 5) is 0. The summed E-state index contributed by atoms with van der Waals surface area (Å²) in [7, 11) is 0. The van der Waals surface area contributed by atoms with Crippen molar-refractivity contribution >= 4 is 0 Å². The fourth-order valence-electron chi connectivity index (χ4n) is 9.42. The van der Waals surface area contributed by atoms with Crippen LogP contribution in [-0.2, 0) is 36.6 Å². The zero-order valence-corrected chi connectivity index (χ0v) is 31.5. The molecule has 2 fully saturated rings. The Balaban J connectivity index is 0.00000436. The van der Waals surface area contributed by atoms with Crippen molar-refractivity contribution in [3.05, 3.63) is 287 Å². The topological polar surface area (TPSA) is 34.3 Å². The summed E-state index contributed by atoms with van der Waals surface area (Å²) in [6.07, 6.45) is -0.716. The fraction of sp³-hybridized carbons (Fsp3) is 0.127. The number of rotatable bonds is 12. The molecule has 0 aliphatic carbocycles. The van der Waals surface area contributed by atoms with E-state index in [-0.39, 0.29) is 19.6 Å². The molecule has 0 N–H and O–H groups in total. The summed E-state index contributed by atoms with van der Waals surface area (Å²) in [6, 6.07) is 85.1. The first-order valence-corrected chi connectivity index (χ1v) is 19.7. The van der Waals surface area contributed by atoms with Crippen molar-refractivity contribution < 1.29 is 14.2 Å². The molecule has 0 amide bonds. The van der Waals surface area contributed by atoms with Gasteiger partial charge in [-0.1, -0.05) is 250 Å². The molecule has 58 heavy (non-hydrogen) atoms. The average Bonchev–Trinajstić information content (AvgIpc) is 4.25. The summed E-state index contributed by atoms with van der Waals surface area (Å²) < 4.78 is 23.7. The molecule has 284 valence electrons. The molecule has 0 spiro atoms. The van der Waals surface area contributed by atoms with Crippen LogP contribution in [0.4, 0.5) is 0 Å². The van der Waals surface area contributed by atoms with Gasteiger partial charge in [0.05, 0.1) is 0 Å². The van der Waals surface area contributed by atoms with Gasteiger partial charge in [0, 0.05) is 0 Å². The van der Waals surface area contributed by atoms with Gasteiger partial charge in [0.25, 0.3) is 0 Å². The molecular weight excluding hydrogens is 709 g/mol. The number of hydrogen-bond acceptors (Lipinski definition) is 3. The summed E-state index contributed by atoms with van der Waals surface area (Å²) >= 11 is 0. The zero-order valence-electron chi connectivity index (χ0n) is 31.5. The Morgan fingerprint density at radius 2 is 0.534 bits per heavy atom. The van der Waals surface area contributed by atoms with Crippen LogP contribution in [0.3, 0.4) is 0 Å². The smallest absolute Gasteiger partial charge is 0.162 e. The van der Waals surface area contributed by atoms with E-state index in [1.54, 1.807) is 0 Å². The molecule has 2 aliphatic heterocycles. The second kappa shape index (κ2) is 15.2. The lowest BCUT2D eigenvalue weighted by Gasteiger charge is -2.51. The highest BCUT2D eigenvalue weighted by molar-refractivity contribution is 5.56. The molecule has 0 saturated carbocycles. The number of hydrogen-bond donors (Lipinski definition) is 0. The largest absolute Gasteiger partial charge is 0.352 e. The maximum Gasteiger partial charge on any atom is 0.162 e. The first-order chi connectivity index (χ1) is 28.2. The minimum atomic E-state index is -1.28. The van der Waals surface area contributed by atoms with E-state index in [2.05, 4.69) is 243 Å². The summed E-state index contributed by atoms with van der Waals surface area (Å²) in [5, 5.41) is 0. The van der Waals surface area contributed by atoms with Crippen LogP contribution < -0.4 is 0 Å². The Labute approximate surface area is 342 Å². The van der Waals surface area contributed by atoms with Gasteiger partial charge in [-0.3, -0.25) is 0 Å². The normalized spacial score (nSPS) is 21.0. The van der Waals surface area contributed by atoms with Crippen LogP contribution in [0.25, 0.3) is 0 Å². The van der Waals surface area contributed by atoms with Crippen molar-refractivity contribution in [3.63, 3.8) is 0 Å². The monoisotopic (exact) mass is 754 g/mol. The Kier molecular flexibility index (Phi) is 9.75. The average molecular weight is 755 g/mol. The lowest BCUT2D eigenvalue weighted by molar-refractivity contribution is -0.194. The summed E-state index contributed by atoms with van der Waals surface area (Å²) in [5.74, 6) is 0. The molecule has 2 saturated heterocycles. The Hall–Kier alpha value is -6.36. The molecule has 8 aromatic rings. The van der Waals surface area contributed by atoms with E-state index in [4.69, 9.17) is 14.2 Å². The molecule has 10 rings (SSSR count). The van der Waals surface area contributed by atoms with Gasteiger partial charge in [0.1, 0.15) is 12.2 Å². The SMILES string of the molecule is C.c1ccc(C2OC2(c2ccccc2)C(OC(c2ccccc2)(c2ccccc2)C2(c3ccccc3)OC2c2ccccc2)(c2ccccc2)c2ccccc2)cc1. The van der Waals surface area contributed by atoms with Crippen LogP contribution >= 0.6 is 0 Å². The molecule has 0 bridgehead atoms. The van der Waals surface area contributed by atoms with Crippen molar-refractivity contribution in [1.29, 1.82) is 0 Å². The fourth-order valence-corrected chi connectivity index (χ4v) is 9.42. The lowest BCUT2D eigenvalue weighted by Crippen LogP contribution is -2.55. The van der Waals surface area contributed by atoms with E-state index in [0.717, 1.165) is 44.5 Å². The molecular formula is C55H46O3. The van der Waals surface area contributed by atoms with Gasteiger partial charge in [-0.05, 0) is 44.5 Å². The molecule has 0 radical (unpaired) electrons. The first-order valence-electron chi connectivity index (χ1n) is 19.7. The van der Waals surface area contributed by atoms with Crippen molar-refractivity contribution in [3.8, 4) is 0 Å². The van der Waals surface area contributed by atoms with Gasteiger partial charge < -0.3 is 14.2 Å². The van der Waals surface area contributed by atoms with Crippen LogP contribution in [-0.4, -0.2) is 0 Å². The van der Waals surface area contributed by atoms with Crippen LogP contribution in [0.15, 0.2) is 243 Å². The second-order valence-electron chi connectivity index (χ2n) is 14.9.